The molecule has 2 bridgehead atoms. The summed E-state index contributed by atoms with van der Waals surface area (Å²) >= 11 is 1.65. The molecular formula is C12H21ClN2OS. The summed E-state index contributed by atoms with van der Waals surface area (Å²) in [5.41, 5.74) is 0. The lowest BCUT2D eigenvalue weighted by atomic mass is 10.1. The number of amides is 1. The molecule has 2 rings (SSSR count). The number of carbonyl (C=O) groups is 1. The highest BCUT2D eigenvalue weighted by atomic mass is 35.5. The quantitative estimate of drug-likeness (QED) is 0.626. The molecule has 2 fully saturated rings. The maximum absolute atomic E-state index is 11.9. The third-order valence-electron chi connectivity index (χ3n) is 3.34. The molecule has 2 saturated heterocycles. The van der Waals surface area contributed by atoms with E-state index < -0.39 is 0 Å². The zero-order valence-corrected chi connectivity index (χ0v) is 11.7. The zero-order valence-electron chi connectivity index (χ0n) is 10.1. The molecule has 0 saturated carbocycles. The van der Waals surface area contributed by atoms with Crippen LogP contribution in [0.4, 0.5) is 0 Å². The minimum atomic E-state index is 0. The largest absolute Gasteiger partial charge is 0.340 e. The van der Waals surface area contributed by atoms with Crippen LogP contribution < -0.4 is 5.32 Å². The minimum absolute atomic E-state index is 0. The predicted molar refractivity (Wildman–Crippen MR) is 75.9 cm³/mol. The van der Waals surface area contributed by atoms with Crippen molar-refractivity contribution in [2.45, 2.75) is 31.3 Å². The number of likely N-dealkylation sites (tertiary alicyclic amines) is 1. The second-order valence-electron chi connectivity index (χ2n) is 4.57. The number of nitrogens with zero attached hydrogens (tertiary/aromatic N) is 1. The molecule has 0 aromatic rings. The van der Waals surface area contributed by atoms with E-state index >= 15 is 0 Å². The molecule has 2 atom stereocenters. The minimum Gasteiger partial charge on any atom is -0.340 e. The van der Waals surface area contributed by atoms with Crippen molar-refractivity contribution in [3.63, 3.8) is 0 Å². The Morgan fingerprint density at radius 2 is 2.18 bits per heavy atom. The molecule has 3 nitrogen and oxygen atoms in total. The van der Waals surface area contributed by atoms with Crippen LogP contribution in [-0.2, 0) is 4.79 Å². The molecule has 0 aromatic heterocycles. The second-order valence-corrected chi connectivity index (χ2v) is 5.60. The van der Waals surface area contributed by atoms with Crippen molar-refractivity contribution in [3.05, 3.63) is 12.7 Å². The van der Waals surface area contributed by atoms with Crippen molar-refractivity contribution in [1.29, 1.82) is 0 Å². The van der Waals surface area contributed by atoms with Gasteiger partial charge in [0.05, 0.1) is 5.75 Å². The Balaban J connectivity index is 0.00000144. The number of fused-ring (bicyclic) bond motifs is 2. The molecule has 0 spiro atoms. The molecule has 98 valence electrons. The van der Waals surface area contributed by atoms with Crippen LogP contribution in [0.15, 0.2) is 12.7 Å². The highest BCUT2D eigenvalue weighted by Crippen LogP contribution is 2.20. The van der Waals surface area contributed by atoms with Crippen molar-refractivity contribution in [3.8, 4) is 0 Å². The number of hydrogen-bond donors (Lipinski definition) is 1. The second kappa shape index (κ2) is 7.29. The van der Waals surface area contributed by atoms with E-state index in [1.54, 1.807) is 11.8 Å². The third-order valence-corrected chi connectivity index (χ3v) is 4.26. The van der Waals surface area contributed by atoms with Gasteiger partial charge in [-0.1, -0.05) is 6.08 Å². The Hall–Kier alpha value is -0.190. The molecule has 0 unspecified atom stereocenters. The van der Waals surface area contributed by atoms with Gasteiger partial charge in [0, 0.05) is 30.9 Å². The number of carbonyl (C=O) groups excluding carboxylic acids is 1. The van der Waals surface area contributed by atoms with Crippen molar-refractivity contribution < 1.29 is 4.79 Å². The Morgan fingerprint density at radius 3 is 2.94 bits per heavy atom. The summed E-state index contributed by atoms with van der Waals surface area (Å²) in [4.78, 5) is 14.0. The average molecular weight is 277 g/mol. The van der Waals surface area contributed by atoms with Crippen molar-refractivity contribution in [2.75, 3.05) is 24.6 Å². The van der Waals surface area contributed by atoms with Gasteiger partial charge in [0.2, 0.25) is 5.91 Å². The summed E-state index contributed by atoms with van der Waals surface area (Å²) in [5, 5.41) is 3.59. The van der Waals surface area contributed by atoms with E-state index in [9.17, 15) is 4.79 Å². The normalized spacial score (nSPS) is 27.2. The SMILES string of the molecule is C=CCSCC(=O)N1CC[C@H]2CC[C@@H](C1)N2.Cl. The first-order valence-electron chi connectivity index (χ1n) is 6.02. The van der Waals surface area contributed by atoms with Crippen molar-refractivity contribution in [1.82, 2.24) is 10.2 Å². The standard InChI is InChI=1S/C12H20N2OS.ClH/c1-2-7-16-9-12(15)14-6-5-10-3-4-11(8-14)13-10;/h2,10-11,13H,1,3-9H2;1H/t10-,11+;/m1./s1. The first-order valence-corrected chi connectivity index (χ1v) is 7.17. The Kier molecular flexibility index (Phi) is 6.38. The Bertz CT molecular complexity index is 275. The highest BCUT2D eigenvalue weighted by Gasteiger charge is 2.30. The molecule has 0 radical (unpaired) electrons. The number of hydrogen-bond acceptors (Lipinski definition) is 3. The van der Waals surface area contributed by atoms with Gasteiger partial charge in [-0.3, -0.25) is 4.79 Å². The highest BCUT2D eigenvalue weighted by molar-refractivity contribution is 8.00. The maximum atomic E-state index is 11.9. The van der Waals surface area contributed by atoms with Crippen molar-refractivity contribution >= 4 is 30.1 Å². The molecule has 2 aliphatic rings. The zero-order chi connectivity index (χ0) is 11.4. The van der Waals surface area contributed by atoms with Crippen molar-refractivity contribution in [2.24, 2.45) is 0 Å². The van der Waals surface area contributed by atoms with E-state index in [1.165, 1.54) is 12.8 Å². The number of rotatable bonds is 4. The van der Waals surface area contributed by atoms with Gasteiger partial charge in [-0.2, -0.15) is 0 Å². The Morgan fingerprint density at radius 1 is 1.41 bits per heavy atom. The smallest absolute Gasteiger partial charge is 0.232 e. The van der Waals surface area contributed by atoms with E-state index in [1.807, 2.05) is 11.0 Å². The summed E-state index contributed by atoms with van der Waals surface area (Å²) in [6.45, 7) is 5.50. The van der Waals surface area contributed by atoms with Crippen LogP contribution in [-0.4, -0.2) is 47.5 Å². The number of halogens is 1. The van der Waals surface area contributed by atoms with Crippen LogP contribution in [0.3, 0.4) is 0 Å². The van der Waals surface area contributed by atoms with Crippen LogP contribution >= 0.6 is 24.2 Å². The first-order chi connectivity index (χ1) is 7.79. The fraction of sp³-hybridized carbons (Fsp3) is 0.750. The lowest BCUT2D eigenvalue weighted by Crippen LogP contribution is -2.39. The van der Waals surface area contributed by atoms with Crippen LogP contribution in [0.25, 0.3) is 0 Å². The summed E-state index contributed by atoms with van der Waals surface area (Å²) in [7, 11) is 0. The summed E-state index contributed by atoms with van der Waals surface area (Å²) < 4.78 is 0. The molecule has 2 heterocycles. The fourth-order valence-electron chi connectivity index (χ4n) is 2.49. The van der Waals surface area contributed by atoms with Gasteiger partial charge in [0.1, 0.15) is 0 Å². The van der Waals surface area contributed by atoms with E-state index in [0.717, 1.165) is 25.3 Å². The molecule has 0 aromatic carbocycles. The molecule has 1 N–H and O–H groups in total. The third kappa shape index (κ3) is 4.19. The Labute approximate surface area is 114 Å². The van der Waals surface area contributed by atoms with Gasteiger partial charge >= 0.3 is 0 Å². The number of nitrogens with one attached hydrogen (secondary N) is 1. The van der Waals surface area contributed by atoms with Crippen LogP contribution in [0, 0.1) is 0 Å². The van der Waals surface area contributed by atoms with Gasteiger partial charge in [0.15, 0.2) is 0 Å². The van der Waals surface area contributed by atoms with E-state index in [4.69, 9.17) is 0 Å². The van der Waals surface area contributed by atoms with Gasteiger partial charge in [0.25, 0.3) is 0 Å². The predicted octanol–water partition coefficient (Wildman–Crippen LogP) is 1.68. The maximum Gasteiger partial charge on any atom is 0.232 e. The lowest BCUT2D eigenvalue weighted by Gasteiger charge is -2.24. The van der Waals surface area contributed by atoms with Gasteiger partial charge in [-0.15, -0.1) is 30.7 Å². The van der Waals surface area contributed by atoms with Crippen LogP contribution in [0.1, 0.15) is 19.3 Å². The first kappa shape index (κ1) is 14.9. The molecule has 2 aliphatic heterocycles. The van der Waals surface area contributed by atoms with Gasteiger partial charge in [-0.05, 0) is 19.3 Å². The summed E-state index contributed by atoms with van der Waals surface area (Å²) in [6, 6.07) is 1.20. The van der Waals surface area contributed by atoms with Gasteiger partial charge < -0.3 is 10.2 Å². The molecule has 0 aliphatic carbocycles. The molecule has 17 heavy (non-hydrogen) atoms. The number of thioether (sulfide) groups is 1. The van der Waals surface area contributed by atoms with E-state index in [0.29, 0.717) is 23.7 Å². The molecule has 1 amide bonds. The van der Waals surface area contributed by atoms with E-state index in [2.05, 4.69) is 11.9 Å². The molecular weight excluding hydrogens is 256 g/mol. The summed E-state index contributed by atoms with van der Waals surface area (Å²) in [5.74, 6) is 1.76. The monoisotopic (exact) mass is 276 g/mol. The average Bonchev–Trinajstić information content (AvgIpc) is 2.58. The molecule has 5 heteroatoms. The summed E-state index contributed by atoms with van der Waals surface area (Å²) in [6.07, 6.45) is 5.49. The lowest BCUT2D eigenvalue weighted by molar-refractivity contribution is -0.128. The van der Waals surface area contributed by atoms with E-state index in [-0.39, 0.29) is 12.4 Å². The fourth-order valence-corrected chi connectivity index (χ4v) is 3.13. The topological polar surface area (TPSA) is 32.3 Å². The van der Waals surface area contributed by atoms with Gasteiger partial charge in [-0.25, -0.2) is 0 Å². The van der Waals surface area contributed by atoms with Crippen LogP contribution in [0.5, 0.6) is 0 Å². The van der Waals surface area contributed by atoms with Crippen LogP contribution in [0.2, 0.25) is 0 Å².